The number of nitrogens with zero attached hydrogens (tertiary/aromatic N) is 1. The molecule has 0 saturated carbocycles. The predicted molar refractivity (Wildman–Crippen MR) is 118 cm³/mol. The molecule has 1 amide bonds. The van der Waals surface area contributed by atoms with Gasteiger partial charge in [-0.3, -0.25) is 4.79 Å². The summed E-state index contributed by atoms with van der Waals surface area (Å²) < 4.78 is 16.3. The van der Waals surface area contributed by atoms with Crippen molar-refractivity contribution < 1.29 is 19.0 Å². The van der Waals surface area contributed by atoms with Gasteiger partial charge >= 0.3 is 0 Å². The second-order valence-corrected chi connectivity index (χ2v) is 7.69. The molecule has 162 valence electrons. The van der Waals surface area contributed by atoms with E-state index in [4.69, 9.17) is 14.2 Å². The van der Waals surface area contributed by atoms with Crippen LogP contribution in [0, 0.1) is 11.8 Å². The van der Waals surface area contributed by atoms with Crippen LogP contribution in [0.4, 0.5) is 0 Å². The highest BCUT2D eigenvalue weighted by atomic mass is 35.5. The summed E-state index contributed by atoms with van der Waals surface area (Å²) in [5.41, 5.74) is 2.06. The van der Waals surface area contributed by atoms with Gasteiger partial charge in [0.05, 0.1) is 33.8 Å². The lowest BCUT2D eigenvalue weighted by Crippen LogP contribution is -2.35. The fourth-order valence-electron chi connectivity index (χ4n) is 4.77. The van der Waals surface area contributed by atoms with Crippen molar-refractivity contribution in [3.63, 3.8) is 0 Å². The van der Waals surface area contributed by atoms with Gasteiger partial charge in [-0.1, -0.05) is 30.3 Å². The van der Waals surface area contributed by atoms with E-state index in [1.165, 1.54) is 5.56 Å². The number of amides is 1. The summed E-state index contributed by atoms with van der Waals surface area (Å²) in [6.07, 6.45) is 0.299. The molecule has 0 bridgehead atoms. The Morgan fingerprint density at radius 3 is 2.30 bits per heavy atom. The molecular weight excluding hydrogens is 404 g/mol. The van der Waals surface area contributed by atoms with Gasteiger partial charge in [0.15, 0.2) is 11.5 Å². The van der Waals surface area contributed by atoms with Gasteiger partial charge in [-0.25, -0.2) is 0 Å². The summed E-state index contributed by atoms with van der Waals surface area (Å²) >= 11 is 0. The van der Waals surface area contributed by atoms with Crippen LogP contribution in [0.5, 0.6) is 17.2 Å². The van der Waals surface area contributed by atoms with Gasteiger partial charge in [0.2, 0.25) is 11.7 Å². The fraction of sp³-hybridized carbons (Fsp3) is 0.435. The van der Waals surface area contributed by atoms with Crippen LogP contribution in [0.3, 0.4) is 0 Å². The molecule has 3 atom stereocenters. The highest BCUT2D eigenvalue weighted by Gasteiger charge is 2.46. The number of methoxy groups -OCH3 is 3. The molecule has 2 aliphatic rings. The first-order chi connectivity index (χ1) is 14.2. The molecule has 2 saturated heterocycles. The zero-order valence-electron chi connectivity index (χ0n) is 17.6. The Hall–Kier alpha value is -2.44. The Balaban J connectivity index is 0.00000256. The van der Waals surface area contributed by atoms with E-state index in [-0.39, 0.29) is 24.4 Å². The normalized spacial score (nSPS) is 22.2. The molecule has 0 spiro atoms. The number of ether oxygens (including phenoxy) is 3. The van der Waals surface area contributed by atoms with Gasteiger partial charge in [0, 0.05) is 25.6 Å². The van der Waals surface area contributed by atoms with Crippen LogP contribution in [0.2, 0.25) is 0 Å². The molecule has 4 rings (SSSR count). The molecular formula is C23H29ClN2O4. The molecule has 2 aromatic carbocycles. The summed E-state index contributed by atoms with van der Waals surface area (Å²) in [5.74, 6) is 2.76. The van der Waals surface area contributed by atoms with Gasteiger partial charge in [0.25, 0.3) is 0 Å². The van der Waals surface area contributed by atoms with Crippen molar-refractivity contribution in [1.82, 2.24) is 10.2 Å². The number of carbonyl (C=O) groups is 1. The standard InChI is InChI=1S/C23H28N2O4.ClH/c1-27-19-9-15(10-20(28-2)23(19)29-3)11-21(26)25-14-17-12-24-13-18(17)22(25)16-7-5-4-6-8-16;/h4-10,17-18,22,24H,11-14H2,1-3H3;1H/t17-,18-,22-;/m0./s1. The topological polar surface area (TPSA) is 60.0 Å². The smallest absolute Gasteiger partial charge is 0.227 e. The van der Waals surface area contributed by atoms with Crippen LogP contribution in [0.15, 0.2) is 42.5 Å². The molecule has 0 aromatic heterocycles. The quantitative estimate of drug-likeness (QED) is 0.760. The van der Waals surface area contributed by atoms with Gasteiger partial charge in [-0.15, -0.1) is 12.4 Å². The highest BCUT2D eigenvalue weighted by Crippen LogP contribution is 2.43. The molecule has 2 fully saturated rings. The van der Waals surface area contributed by atoms with Crippen molar-refractivity contribution in [2.24, 2.45) is 11.8 Å². The average Bonchev–Trinajstić information content (AvgIpc) is 3.34. The summed E-state index contributed by atoms with van der Waals surface area (Å²) in [4.78, 5) is 15.4. The lowest BCUT2D eigenvalue weighted by atomic mass is 9.89. The predicted octanol–water partition coefficient (Wildman–Crippen LogP) is 3.10. The maximum absolute atomic E-state index is 13.4. The van der Waals surface area contributed by atoms with Crippen molar-refractivity contribution in [2.75, 3.05) is 41.0 Å². The number of benzene rings is 2. The number of hydrogen-bond acceptors (Lipinski definition) is 5. The lowest BCUT2D eigenvalue weighted by Gasteiger charge is -2.28. The first-order valence-electron chi connectivity index (χ1n) is 10.00. The third kappa shape index (κ3) is 4.07. The monoisotopic (exact) mass is 432 g/mol. The van der Waals surface area contributed by atoms with E-state index in [1.54, 1.807) is 21.3 Å². The number of fused-ring (bicyclic) bond motifs is 1. The van der Waals surface area contributed by atoms with Gasteiger partial charge in [-0.05, 0) is 29.2 Å². The van der Waals surface area contributed by atoms with Crippen molar-refractivity contribution in [3.8, 4) is 17.2 Å². The van der Waals surface area contributed by atoms with Gasteiger partial charge in [-0.2, -0.15) is 0 Å². The first kappa shape index (κ1) is 22.2. The van der Waals surface area contributed by atoms with Crippen LogP contribution >= 0.6 is 12.4 Å². The minimum absolute atomic E-state index is 0. The molecule has 2 heterocycles. The number of rotatable bonds is 6. The van der Waals surface area contributed by atoms with E-state index in [0.717, 1.165) is 25.2 Å². The SMILES string of the molecule is COc1cc(CC(=O)N2C[C@@H]3CNC[C@@H]3[C@@H]2c2ccccc2)cc(OC)c1OC.Cl. The number of likely N-dealkylation sites (tertiary alicyclic amines) is 1. The van der Waals surface area contributed by atoms with Crippen LogP contribution in [0.25, 0.3) is 0 Å². The van der Waals surface area contributed by atoms with Crippen LogP contribution in [0.1, 0.15) is 17.2 Å². The van der Waals surface area contributed by atoms with Gasteiger partial charge in [0.1, 0.15) is 0 Å². The molecule has 2 aliphatic heterocycles. The van der Waals surface area contributed by atoms with Gasteiger partial charge < -0.3 is 24.4 Å². The Morgan fingerprint density at radius 2 is 1.70 bits per heavy atom. The molecule has 30 heavy (non-hydrogen) atoms. The maximum Gasteiger partial charge on any atom is 0.227 e. The van der Waals surface area contributed by atoms with E-state index in [0.29, 0.717) is 35.5 Å². The first-order valence-corrected chi connectivity index (χ1v) is 10.00. The second-order valence-electron chi connectivity index (χ2n) is 7.69. The third-order valence-corrected chi connectivity index (χ3v) is 6.11. The van der Waals surface area contributed by atoms with Crippen molar-refractivity contribution in [3.05, 3.63) is 53.6 Å². The van der Waals surface area contributed by atoms with Crippen molar-refractivity contribution in [2.45, 2.75) is 12.5 Å². The Kier molecular flexibility index (Phi) is 7.10. The molecule has 7 heteroatoms. The van der Waals surface area contributed by atoms with E-state index in [2.05, 4.69) is 22.3 Å². The van der Waals surface area contributed by atoms with E-state index >= 15 is 0 Å². The van der Waals surface area contributed by atoms with Crippen LogP contribution in [-0.2, 0) is 11.2 Å². The highest BCUT2D eigenvalue weighted by molar-refractivity contribution is 5.85. The average molecular weight is 433 g/mol. The number of hydrogen-bond donors (Lipinski definition) is 1. The summed E-state index contributed by atoms with van der Waals surface area (Å²) in [5, 5.41) is 3.49. The molecule has 6 nitrogen and oxygen atoms in total. The zero-order valence-corrected chi connectivity index (χ0v) is 18.4. The summed E-state index contributed by atoms with van der Waals surface area (Å²) in [6.45, 7) is 2.72. The van der Waals surface area contributed by atoms with E-state index in [1.807, 2.05) is 30.3 Å². The molecule has 0 radical (unpaired) electrons. The van der Waals surface area contributed by atoms with Crippen molar-refractivity contribution in [1.29, 1.82) is 0 Å². The van der Waals surface area contributed by atoms with Crippen molar-refractivity contribution >= 4 is 18.3 Å². The molecule has 2 aromatic rings. The minimum Gasteiger partial charge on any atom is -0.493 e. The Bertz CT molecular complexity index is 852. The van der Waals surface area contributed by atoms with Crippen LogP contribution < -0.4 is 19.5 Å². The maximum atomic E-state index is 13.4. The molecule has 1 N–H and O–H groups in total. The number of halogens is 1. The summed E-state index contributed by atoms with van der Waals surface area (Å²) in [6, 6.07) is 14.2. The van der Waals surface area contributed by atoms with Crippen LogP contribution in [-0.4, -0.2) is 51.8 Å². The second kappa shape index (κ2) is 9.58. The zero-order chi connectivity index (χ0) is 20.4. The molecule has 0 unspecified atom stereocenters. The lowest BCUT2D eigenvalue weighted by molar-refractivity contribution is -0.131. The third-order valence-electron chi connectivity index (χ3n) is 6.11. The van der Waals surface area contributed by atoms with E-state index in [9.17, 15) is 4.79 Å². The number of carbonyl (C=O) groups excluding carboxylic acids is 1. The minimum atomic E-state index is 0. The fourth-order valence-corrected chi connectivity index (χ4v) is 4.77. The number of nitrogens with one attached hydrogen (secondary N) is 1. The summed E-state index contributed by atoms with van der Waals surface area (Å²) in [7, 11) is 4.75. The Morgan fingerprint density at radius 1 is 1.03 bits per heavy atom. The Labute approximate surface area is 183 Å². The molecule has 0 aliphatic carbocycles. The van der Waals surface area contributed by atoms with E-state index < -0.39 is 0 Å². The largest absolute Gasteiger partial charge is 0.493 e.